The van der Waals surface area contributed by atoms with Gasteiger partial charge in [0.1, 0.15) is 16.3 Å². The molecule has 1 unspecified atom stereocenters. The van der Waals surface area contributed by atoms with Crippen molar-refractivity contribution in [3.05, 3.63) is 41.9 Å². The zero-order valence-electron chi connectivity index (χ0n) is 17.2. The predicted octanol–water partition coefficient (Wildman–Crippen LogP) is 2.02. The highest BCUT2D eigenvalue weighted by atomic mass is 35.5. The van der Waals surface area contributed by atoms with Crippen LogP contribution in [0.15, 0.2) is 36.8 Å². The van der Waals surface area contributed by atoms with Gasteiger partial charge in [0.25, 0.3) is 10.0 Å². The molecule has 10 nitrogen and oxygen atoms in total. The maximum atomic E-state index is 12.8. The zero-order chi connectivity index (χ0) is 22.0. The third-order valence-corrected chi connectivity index (χ3v) is 6.83. The Hall–Kier alpha value is -2.76. The Morgan fingerprint density at radius 3 is 2.65 bits per heavy atom. The van der Waals surface area contributed by atoms with Crippen LogP contribution in [0.2, 0.25) is 5.15 Å². The van der Waals surface area contributed by atoms with Gasteiger partial charge in [-0.3, -0.25) is 9.71 Å². The monoisotopic (exact) mass is 462 g/mol. The number of aromatic nitrogens is 4. The van der Waals surface area contributed by atoms with Crippen LogP contribution < -0.4 is 14.9 Å². The maximum absolute atomic E-state index is 12.8. The fourth-order valence-corrected chi connectivity index (χ4v) is 4.25. The Morgan fingerprint density at radius 2 is 1.94 bits per heavy atom. The van der Waals surface area contributed by atoms with Crippen molar-refractivity contribution in [3.8, 4) is 0 Å². The molecule has 3 aromatic heterocycles. The first-order valence-electron chi connectivity index (χ1n) is 9.77. The topological polar surface area (TPSA) is 116 Å². The summed E-state index contributed by atoms with van der Waals surface area (Å²) in [4.78, 5) is 21.6. The fraction of sp³-hybridized carbons (Fsp3) is 0.368. The van der Waals surface area contributed by atoms with Crippen molar-refractivity contribution in [2.24, 2.45) is 0 Å². The Balaban J connectivity index is 1.65. The number of hydrogen-bond donors (Lipinski definition) is 2. The predicted molar refractivity (Wildman–Crippen MR) is 122 cm³/mol. The number of piperazine rings is 1. The maximum Gasteiger partial charge on any atom is 0.253 e. The molecule has 164 valence electrons. The van der Waals surface area contributed by atoms with Gasteiger partial charge in [0, 0.05) is 37.8 Å². The van der Waals surface area contributed by atoms with Crippen molar-refractivity contribution in [3.63, 3.8) is 0 Å². The van der Waals surface area contributed by atoms with E-state index in [1.54, 1.807) is 37.5 Å². The summed E-state index contributed by atoms with van der Waals surface area (Å²) >= 11 is 6.08. The Bertz CT molecular complexity index is 1170. The molecule has 0 spiro atoms. The number of hydrogen-bond acceptors (Lipinski definition) is 9. The van der Waals surface area contributed by atoms with Crippen molar-refractivity contribution >= 4 is 50.0 Å². The molecule has 0 aliphatic carbocycles. The second-order valence-corrected chi connectivity index (χ2v) is 9.75. The van der Waals surface area contributed by atoms with Crippen LogP contribution in [0.3, 0.4) is 0 Å². The van der Waals surface area contributed by atoms with Crippen LogP contribution in [-0.4, -0.2) is 71.9 Å². The van der Waals surface area contributed by atoms with Gasteiger partial charge in [0.2, 0.25) is 5.95 Å². The number of fused-ring (bicyclic) bond motifs is 1. The van der Waals surface area contributed by atoms with E-state index in [9.17, 15) is 8.42 Å². The number of nitrogens with one attached hydrogen (secondary N) is 2. The second-order valence-electron chi connectivity index (χ2n) is 7.36. The number of likely N-dealkylation sites (N-methyl/N-ethyl adjacent to an activating group) is 1. The van der Waals surface area contributed by atoms with Crippen LogP contribution >= 0.6 is 11.6 Å². The lowest BCUT2D eigenvalue weighted by Gasteiger charge is -2.32. The SMILES string of the molecule is CC(Nc1nc(N2CCN(C)CC2)nc2cnc(Cl)cc12)S(=O)(=O)Nc1cccnc1. The number of pyridine rings is 2. The fourth-order valence-electron chi connectivity index (χ4n) is 3.20. The Kier molecular flexibility index (Phi) is 6.08. The van der Waals surface area contributed by atoms with E-state index in [0.717, 1.165) is 26.2 Å². The van der Waals surface area contributed by atoms with Gasteiger partial charge in [-0.15, -0.1) is 0 Å². The van der Waals surface area contributed by atoms with Gasteiger partial charge in [-0.05, 0) is 32.2 Å². The first kappa shape index (κ1) is 21.5. The average Bonchev–Trinajstić information content (AvgIpc) is 2.75. The number of halogens is 1. The highest BCUT2D eigenvalue weighted by Gasteiger charge is 2.24. The molecule has 4 heterocycles. The Labute approximate surface area is 185 Å². The van der Waals surface area contributed by atoms with Gasteiger partial charge in [-0.1, -0.05) is 11.6 Å². The molecular formula is C19H23ClN8O2S. The van der Waals surface area contributed by atoms with Gasteiger partial charge in [-0.2, -0.15) is 4.98 Å². The first-order valence-corrected chi connectivity index (χ1v) is 11.7. The normalized spacial score (nSPS) is 16.3. The number of rotatable bonds is 6. The molecule has 0 amide bonds. The molecule has 0 saturated carbocycles. The molecule has 0 radical (unpaired) electrons. The summed E-state index contributed by atoms with van der Waals surface area (Å²) in [6.07, 6.45) is 4.59. The summed E-state index contributed by atoms with van der Waals surface area (Å²) < 4.78 is 28.2. The summed E-state index contributed by atoms with van der Waals surface area (Å²) in [6, 6.07) is 4.92. The van der Waals surface area contributed by atoms with Crippen LogP contribution in [0.4, 0.5) is 17.5 Å². The van der Waals surface area contributed by atoms with Gasteiger partial charge in [-0.25, -0.2) is 18.4 Å². The minimum Gasteiger partial charge on any atom is -0.352 e. The lowest BCUT2D eigenvalue weighted by molar-refractivity contribution is 0.311. The lowest BCUT2D eigenvalue weighted by atomic mass is 10.3. The molecule has 2 N–H and O–H groups in total. The van der Waals surface area contributed by atoms with E-state index in [1.165, 1.54) is 6.20 Å². The number of anilines is 3. The molecule has 12 heteroatoms. The lowest BCUT2D eigenvalue weighted by Crippen LogP contribution is -2.45. The van der Waals surface area contributed by atoms with Crippen molar-refractivity contribution < 1.29 is 8.42 Å². The first-order chi connectivity index (χ1) is 14.8. The molecule has 4 rings (SSSR count). The standard InChI is InChI=1S/C19H23ClN8O2S/c1-13(31(29,30)26-14-4-3-5-21-11-14)23-18-15-10-17(20)22-12-16(15)24-19(25-18)28-8-6-27(2)7-9-28/h3-5,10-13,26H,6-9H2,1-2H3,(H,23,24,25). The van der Waals surface area contributed by atoms with Crippen molar-refractivity contribution in [2.45, 2.75) is 12.3 Å². The second kappa shape index (κ2) is 8.77. The van der Waals surface area contributed by atoms with Gasteiger partial charge >= 0.3 is 0 Å². The van der Waals surface area contributed by atoms with E-state index in [-0.39, 0.29) is 5.15 Å². The molecule has 1 fully saturated rings. The summed E-state index contributed by atoms with van der Waals surface area (Å²) in [5.41, 5.74) is 0.967. The van der Waals surface area contributed by atoms with Crippen molar-refractivity contribution in [1.29, 1.82) is 0 Å². The molecule has 1 saturated heterocycles. The zero-order valence-corrected chi connectivity index (χ0v) is 18.7. The van der Waals surface area contributed by atoms with Crippen LogP contribution in [0.1, 0.15) is 6.92 Å². The Morgan fingerprint density at radius 1 is 1.16 bits per heavy atom. The molecule has 0 aromatic carbocycles. The summed E-state index contributed by atoms with van der Waals surface area (Å²) in [5, 5.41) is 2.90. The van der Waals surface area contributed by atoms with E-state index in [4.69, 9.17) is 11.6 Å². The third-order valence-electron chi connectivity index (χ3n) is 5.05. The third kappa shape index (κ3) is 4.94. The molecule has 3 aromatic rings. The number of sulfonamides is 1. The molecule has 1 aliphatic heterocycles. The molecule has 31 heavy (non-hydrogen) atoms. The van der Waals surface area contributed by atoms with E-state index in [1.807, 2.05) is 0 Å². The molecular weight excluding hydrogens is 440 g/mol. The highest BCUT2D eigenvalue weighted by molar-refractivity contribution is 7.93. The minimum atomic E-state index is -3.77. The van der Waals surface area contributed by atoms with E-state index in [0.29, 0.717) is 28.4 Å². The average molecular weight is 463 g/mol. The molecule has 1 aliphatic rings. The van der Waals surface area contributed by atoms with Gasteiger partial charge < -0.3 is 15.1 Å². The molecule has 1 atom stereocenters. The summed E-state index contributed by atoms with van der Waals surface area (Å²) in [7, 11) is -1.70. The minimum absolute atomic E-state index is 0.274. The largest absolute Gasteiger partial charge is 0.352 e. The summed E-state index contributed by atoms with van der Waals surface area (Å²) in [6.45, 7) is 4.88. The van der Waals surface area contributed by atoms with Crippen LogP contribution in [0, 0.1) is 0 Å². The van der Waals surface area contributed by atoms with Crippen LogP contribution in [-0.2, 0) is 10.0 Å². The quantitative estimate of drug-likeness (QED) is 0.530. The van der Waals surface area contributed by atoms with Gasteiger partial charge in [0.05, 0.1) is 23.6 Å². The van der Waals surface area contributed by atoms with E-state index >= 15 is 0 Å². The van der Waals surface area contributed by atoms with Gasteiger partial charge in [0.15, 0.2) is 0 Å². The van der Waals surface area contributed by atoms with Crippen LogP contribution in [0.25, 0.3) is 10.9 Å². The van der Waals surface area contributed by atoms with E-state index < -0.39 is 15.4 Å². The molecule has 0 bridgehead atoms. The summed E-state index contributed by atoms with van der Waals surface area (Å²) in [5.74, 6) is 0.907. The smallest absolute Gasteiger partial charge is 0.253 e. The van der Waals surface area contributed by atoms with E-state index in [2.05, 4.69) is 46.8 Å². The highest BCUT2D eigenvalue weighted by Crippen LogP contribution is 2.27. The number of nitrogens with zero attached hydrogens (tertiary/aromatic N) is 6. The van der Waals surface area contributed by atoms with Crippen LogP contribution in [0.5, 0.6) is 0 Å². The van der Waals surface area contributed by atoms with Crippen molar-refractivity contribution in [2.75, 3.05) is 48.2 Å². The van der Waals surface area contributed by atoms with Crippen molar-refractivity contribution in [1.82, 2.24) is 24.8 Å².